The molecule has 0 spiro atoms. The minimum absolute atomic E-state index is 0.160. The molecule has 1 aromatic heterocycles. The van der Waals surface area contributed by atoms with Crippen LogP contribution in [0.3, 0.4) is 0 Å². The highest BCUT2D eigenvalue weighted by Crippen LogP contribution is 2.19. The lowest BCUT2D eigenvalue weighted by molar-refractivity contribution is -0.114. The van der Waals surface area contributed by atoms with Crippen LogP contribution in [-0.4, -0.2) is 22.8 Å². The van der Waals surface area contributed by atoms with Crippen molar-refractivity contribution in [2.45, 2.75) is 26.8 Å². The lowest BCUT2D eigenvalue weighted by atomic mass is 10.2. The summed E-state index contributed by atoms with van der Waals surface area (Å²) < 4.78 is 0. The van der Waals surface area contributed by atoms with Crippen molar-refractivity contribution in [3.63, 3.8) is 0 Å². The molecule has 0 atom stereocenters. The maximum atomic E-state index is 12.2. The molecule has 0 saturated carbocycles. The first-order chi connectivity index (χ1) is 10.4. The number of hydrogen-bond donors (Lipinski definition) is 3. The SMILES string of the molecule is CC(=O)Nc1cccc(NC(=O)c2csc(NC(C)C)n2)c1. The van der Waals surface area contributed by atoms with Gasteiger partial charge in [-0.1, -0.05) is 6.07 Å². The van der Waals surface area contributed by atoms with Gasteiger partial charge in [0.25, 0.3) is 5.91 Å². The maximum absolute atomic E-state index is 12.2. The summed E-state index contributed by atoms with van der Waals surface area (Å²) in [5, 5.41) is 11.0. The van der Waals surface area contributed by atoms with E-state index < -0.39 is 0 Å². The van der Waals surface area contributed by atoms with Gasteiger partial charge >= 0.3 is 0 Å². The van der Waals surface area contributed by atoms with E-state index in [1.54, 1.807) is 29.6 Å². The van der Waals surface area contributed by atoms with Crippen molar-refractivity contribution < 1.29 is 9.59 Å². The van der Waals surface area contributed by atoms with Crippen molar-refractivity contribution in [1.82, 2.24) is 4.98 Å². The Morgan fingerprint density at radius 3 is 2.50 bits per heavy atom. The van der Waals surface area contributed by atoms with Crippen LogP contribution in [0.15, 0.2) is 29.6 Å². The van der Waals surface area contributed by atoms with E-state index in [0.717, 1.165) is 0 Å². The van der Waals surface area contributed by atoms with Gasteiger partial charge in [-0.2, -0.15) is 0 Å². The lowest BCUT2D eigenvalue weighted by Crippen LogP contribution is -2.14. The Kier molecular flexibility index (Phi) is 5.11. The smallest absolute Gasteiger partial charge is 0.275 e. The van der Waals surface area contributed by atoms with Gasteiger partial charge in [-0.05, 0) is 32.0 Å². The van der Waals surface area contributed by atoms with Crippen molar-refractivity contribution in [2.24, 2.45) is 0 Å². The second-order valence-electron chi connectivity index (χ2n) is 5.05. The molecule has 0 aliphatic heterocycles. The second-order valence-corrected chi connectivity index (χ2v) is 5.91. The molecule has 6 nitrogen and oxygen atoms in total. The van der Waals surface area contributed by atoms with Crippen molar-refractivity contribution in [2.75, 3.05) is 16.0 Å². The molecule has 3 N–H and O–H groups in total. The summed E-state index contributed by atoms with van der Waals surface area (Å²) in [5.41, 5.74) is 1.59. The molecule has 1 aromatic carbocycles. The van der Waals surface area contributed by atoms with Crippen LogP contribution < -0.4 is 16.0 Å². The number of amides is 2. The first kappa shape index (κ1) is 16.0. The number of benzene rings is 1. The Hall–Kier alpha value is -2.41. The third-order valence-electron chi connectivity index (χ3n) is 2.59. The minimum atomic E-state index is -0.284. The van der Waals surface area contributed by atoms with Gasteiger partial charge in [-0.3, -0.25) is 9.59 Å². The number of aromatic nitrogens is 1. The van der Waals surface area contributed by atoms with Crippen molar-refractivity contribution >= 4 is 39.7 Å². The van der Waals surface area contributed by atoms with E-state index in [-0.39, 0.29) is 17.9 Å². The first-order valence-electron chi connectivity index (χ1n) is 6.85. The molecule has 22 heavy (non-hydrogen) atoms. The largest absolute Gasteiger partial charge is 0.359 e. The molecular formula is C15H18N4O2S. The Bertz CT molecular complexity index is 682. The molecule has 0 aliphatic carbocycles. The molecule has 2 aromatic rings. The van der Waals surface area contributed by atoms with E-state index >= 15 is 0 Å². The molecule has 0 bridgehead atoms. The summed E-state index contributed by atoms with van der Waals surface area (Å²) in [4.78, 5) is 27.5. The molecule has 0 fully saturated rings. The van der Waals surface area contributed by atoms with Crippen LogP contribution in [0.25, 0.3) is 0 Å². The average molecular weight is 318 g/mol. The van der Waals surface area contributed by atoms with E-state index in [9.17, 15) is 9.59 Å². The molecule has 0 saturated heterocycles. The number of anilines is 3. The Balaban J connectivity index is 2.05. The van der Waals surface area contributed by atoms with Gasteiger partial charge < -0.3 is 16.0 Å². The molecule has 0 radical (unpaired) electrons. The molecule has 2 amide bonds. The van der Waals surface area contributed by atoms with Crippen molar-refractivity contribution in [3.8, 4) is 0 Å². The van der Waals surface area contributed by atoms with Gasteiger partial charge in [0, 0.05) is 29.7 Å². The van der Waals surface area contributed by atoms with E-state index in [1.807, 2.05) is 13.8 Å². The highest BCUT2D eigenvalue weighted by atomic mass is 32.1. The average Bonchev–Trinajstić information content (AvgIpc) is 2.86. The normalized spacial score (nSPS) is 10.4. The van der Waals surface area contributed by atoms with Crippen molar-refractivity contribution in [3.05, 3.63) is 35.3 Å². The molecule has 1 heterocycles. The van der Waals surface area contributed by atoms with Gasteiger partial charge in [0.1, 0.15) is 5.69 Å². The van der Waals surface area contributed by atoms with Crippen molar-refractivity contribution in [1.29, 1.82) is 0 Å². The fourth-order valence-corrected chi connectivity index (χ4v) is 2.60. The van der Waals surface area contributed by atoms with E-state index in [1.165, 1.54) is 18.3 Å². The fraction of sp³-hybridized carbons (Fsp3) is 0.267. The van der Waals surface area contributed by atoms with Crippen LogP contribution in [-0.2, 0) is 4.79 Å². The zero-order valence-electron chi connectivity index (χ0n) is 12.6. The molecule has 0 aliphatic rings. The van der Waals surface area contributed by atoms with Crippen LogP contribution in [0.2, 0.25) is 0 Å². The van der Waals surface area contributed by atoms with E-state index in [4.69, 9.17) is 0 Å². The highest BCUT2D eigenvalue weighted by molar-refractivity contribution is 7.13. The Morgan fingerprint density at radius 2 is 1.86 bits per heavy atom. The highest BCUT2D eigenvalue weighted by Gasteiger charge is 2.11. The van der Waals surface area contributed by atoms with Gasteiger partial charge in [-0.25, -0.2) is 4.98 Å². The topological polar surface area (TPSA) is 83.1 Å². The summed E-state index contributed by atoms with van der Waals surface area (Å²) >= 11 is 1.39. The Labute approximate surface area is 133 Å². The standard InChI is InChI=1S/C15H18N4O2S/c1-9(2)16-15-19-13(8-22-15)14(21)18-12-6-4-5-11(7-12)17-10(3)20/h4-9H,1-3H3,(H,16,19)(H,17,20)(H,18,21). The molecular weight excluding hydrogens is 300 g/mol. The first-order valence-corrected chi connectivity index (χ1v) is 7.73. The summed E-state index contributed by atoms with van der Waals surface area (Å²) in [6.07, 6.45) is 0. The van der Waals surface area contributed by atoms with Gasteiger partial charge in [0.15, 0.2) is 5.13 Å². The summed E-state index contributed by atoms with van der Waals surface area (Å²) in [5.74, 6) is -0.444. The molecule has 7 heteroatoms. The fourth-order valence-electron chi connectivity index (χ4n) is 1.76. The maximum Gasteiger partial charge on any atom is 0.275 e. The zero-order chi connectivity index (χ0) is 16.1. The summed E-state index contributed by atoms with van der Waals surface area (Å²) in [7, 11) is 0. The van der Waals surface area contributed by atoms with Crippen LogP contribution in [0.1, 0.15) is 31.3 Å². The predicted molar refractivity (Wildman–Crippen MR) is 89.6 cm³/mol. The number of carbonyl (C=O) groups excluding carboxylic acids is 2. The van der Waals surface area contributed by atoms with Gasteiger partial charge in [0.2, 0.25) is 5.91 Å². The third-order valence-corrected chi connectivity index (χ3v) is 3.36. The number of nitrogens with zero attached hydrogens (tertiary/aromatic N) is 1. The minimum Gasteiger partial charge on any atom is -0.359 e. The predicted octanol–water partition coefficient (Wildman–Crippen LogP) is 3.17. The van der Waals surface area contributed by atoms with E-state index in [2.05, 4.69) is 20.9 Å². The quantitative estimate of drug-likeness (QED) is 0.790. The van der Waals surface area contributed by atoms with Gasteiger partial charge in [-0.15, -0.1) is 11.3 Å². The number of thiazole rings is 1. The molecule has 116 valence electrons. The van der Waals surface area contributed by atoms with Crippen LogP contribution in [0, 0.1) is 0 Å². The monoisotopic (exact) mass is 318 g/mol. The zero-order valence-corrected chi connectivity index (χ0v) is 13.5. The van der Waals surface area contributed by atoms with Gasteiger partial charge in [0.05, 0.1) is 0 Å². The van der Waals surface area contributed by atoms with Crippen LogP contribution in [0.5, 0.6) is 0 Å². The number of nitrogens with one attached hydrogen (secondary N) is 3. The van der Waals surface area contributed by atoms with Crippen LogP contribution >= 0.6 is 11.3 Å². The van der Waals surface area contributed by atoms with Crippen LogP contribution in [0.4, 0.5) is 16.5 Å². The summed E-state index contributed by atoms with van der Waals surface area (Å²) in [6, 6.07) is 7.22. The summed E-state index contributed by atoms with van der Waals surface area (Å²) in [6.45, 7) is 5.45. The second kappa shape index (κ2) is 7.04. The molecule has 2 rings (SSSR count). The van der Waals surface area contributed by atoms with E-state index in [0.29, 0.717) is 22.2 Å². The number of carbonyl (C=O) groups is 2. The number of rotatable bonds is 5. The lowest BCUT2D eigenvalue weighted by Gasteiger charge is -2.07. The number of hydrogen-bond acceptors (Lipinski definition) is 5. The Morgan fingerprint density at radius 1 is 1.18 bits per heavy atom. The molecule has 0 unspecified atom stereocenters. The third kappa shape index (κ3) is 4.56.